The smallest absolute Gasteiger partial charge is 0.126 e. The van der Waals surface area contributed by atoms with E-state index in [1.54, 1.807) is 14.2 Å². The molecule has 82 valence electrons. The molecule has 3 heteroatoms. The van der Waals surface area contributed by atoms with Gasteiger partial charge in [0.25, 0.3) is 0 Å². The van der Waals surface area contributed by atoms with Gasteiger partial charge in [-0.3, -0.25) is 0 Å². The van der Waals surface area contributed by atoms with Crippen LogP contribution in [0, 0.1) is 0 Å². The van der Waals surface area contributed by atoms with Crippen molar-refractivity contribution >= 4 is 6.08 Å². The topological polar surface area (TPSA) is 38.7 Å². The summed E-state index contributed by atoms with van der Waals surface area (Å²) < 4.78 is 10.3. The molecule has 0 aliphatic carbocycles. The highest BCUT2D eigenvalue weighted by molar-refractivity contribution is 5.61. The monoisotopic (exact) mass is 208 g/mol. The van der Waals surface area contributed by atoms with E-state index in [1.165, 1.54) is 0 Å². The molecule has 0 atom stereocenters. The van der Waals surface area contributed by atoms with Crippen molar-refractivity contribution in [3.63, 3.8) is 0 Å². The molecule has 0 radical (unpaired) electrons. The van der Waals surface area contributed by atoms with Gasteiger partial charge in [-0.05, 0) is 36.8 Å². The highest BCUT2D eigenvalue weighted by Gasteiger charge is 2.02. The van der Waals surface area contributed by atoms with Crippen LogP contribution in [0.2, 0.25) is 0 Å². The van der Waals surface area contributed by atoms with Gasteiger partial charge in [-0.15, -0.1) is 0 Å². The highest BCUT2D eigenvalue weighted by Crippen LogP contribution is 2.25. The van der Waals surface area contributed by atoms with Gasteiger partial charge in [0.1, 0.15) is 11.5 Å². The normalized spacial score (nSPS) is 11.3. The van der Waals surface area contributed by atoms with Crippen LogP contribution in [0.4, 0.5) is 0 Å². The predicted octanol–water partition coefficient (Wildman–Crippen LogP) is 2.10. The van der Waals surface area contributed by atoms with E-state index in [1.807, 2.05) is 31.2 Å². The lowest BCUT2D eigenvalue weighted by atomic mass is 10.1. The van der Waals surface area contributed by atoms with Gasteiger partial charge in [0, 0.05) is 5.56 Å². The summed E-state index contributed by atoms with van der Waals surface area (Å²) in [5.74, 6) is 1.54. The number of benzene rings is 1. The first-order valence-electron chi connectivity index (χ1n) is 4.71. The Morgan fingerprint density at radius 1 is 1.33 bits per heavy atom. The third kappa shape index (κ3) is 2.99. The Hall–Kier alpha value is -1.48. The molecular weight excluding hydrogens is 192 g/mol. The van der Waals surface area contributed by atoms with Crippen LogP contribution in [-0.4, -0.2) is 25.9 Å². The van der Waals surface area contributed by atoms with E-state index in [0.29, 0.717) is 0 Å². The Bertz CT molecular complexity index is 356. The van der Waals surface area contributed by atoms with E-state index in [2.05, 4.69) is 0 Å². The second-order valence-electron chi connectivity index (χ2n) is 3.26. The molecule has 0 amide bonds. The number of hydrogen-bond donors (Lipinski definition) is 1. The Morgan fingerprint density at radius 3 is 2.60 bits per heavy atom. The number of methoxy groups -OCH3 is 2. The van der Waals surface area contributed by atoms with Crippen LogP contribution in [0.3, 0.4) is 0 Å². The number of ether oxygens (including phenoxy) is 2. The van der Waals surface area contributed by atoms with E-state index in [0.717, 1.165) is 22.6 Å². The van der Waals surface area contributed by atoms with Gasteiger partial charge in [0.15, 0.2) is 0 Å². The molecule has 0 saturated heterocycles. The summed E-state index contributed by atoms with van der Waals surface area (Å²) in [6.45, 7) is 1.90. The van der Waals surface area contributed by atoms with Crippen LogP contribution < -0.4 is 9.47 Å². The quantitative estimate of drug-likeness (QED) is 0.823. The number of hydrogen-bond acceptors (Lipinski definition) is 3. The first-order chi connectivity index (χ1) is 7.21. The third-order valence-corrected chi connectivity index (χ3v) is 2.09. The van der Waals surface area contributed by atoms with Crippen molar-refractivity contribution in [2.24, 2.45) is 0 Å². The van der Waals surface area contributed by atoms with Crippen molar-refractivity contribution in [3.8, 4) is 11.5 Å². The molecule has 0 heterocycles. The SMILES string of the molecule is COc1ccc(OC)c(C=C(C)CO)c1. The van der Waals surface area contributed by atoms with Gasteiger partial charge >= 0.3 is 0 Å². The number of aliphatic hydroxyl groups is 1. The molecule has 15 heavy (non-hydrogen) atoms. The zero-order valence-corrected chi connectivity index (χ0v) is 9.28. The van der Waals surface area contributed by atoms with Crippen molar-refractivity contribution in [1.82, 2.24) is 0 Å². The minimum atomic E-state index is 0.0420. The lowest BCUT2D eigenvalue weighted by molar-refractivity contribution is 0.332. The van der Waals surface area contributed by atoms with E-state index in [-0.39, 0.29) is 6.61 Å². The lowest BCUT2D eigenvalue weighted by Gasteiger charge is -2.07. The van der Waals surface area contributed by atoms with Gasteiger partial charge in [-0.2, -0.15) is 0 Å². The fourth-order valence-electron chi connectivity index (χ4n) is 1.26. The van der Waals surface area contributed by atoms with Gasteiger partial charge in [-0.1, -0.05) is 0 Å². The molecule has 1 rings (SSSR count). The van der Waals surface area contributed by atoms with Gasteiger partial charge in [0.05, 0.1) is 20.8 Å². The Kier molecular flexibility index (Phi) is 4.18. The largest absolute Gasteiger partial charge is 0.497 e. The van der Waals surface area contributed by atoms with E-state index in [4.69, 9.17) is 14.6 Å². The molecule has 0 bridgehead atoms. The first kappa shape index (κ1) is 11.6. The maximum atomic E-state index is 8.95. The summed E-state index contributed by atoms with van der Waals surface area (Å²) in [5, 5.41) is 8.95. The maximum Gasteiger partial charge on any atom is 0.126 e. The Labute approximate surface area is 90.0 Å². The van der Waals surface area contributed by atoms with Crippen molar-refractivity contribution in [2.75, 3.05) is 20.8 Å². The molecule has 0 spiro atoms. The molecule has 0 saturated carbocycles. The zero-order valence-electron chi connectivity index (χ0n) is 9.28. The minimum absolute atomic E-state index is 0.0420. The first-order valence-corrected chi connectivity index (χ1v) is 4.71. The summed E-state index contributed by atoms with van der Waals surface area (Å²) >= 11 is 0. The van der Waals surface area contributed by atoms with Crippen molar-refractivity contribution in [1.29, 1.82) is 0 Å². The molecule has 1 aromatic rings. The molecule has 0 aromatic heterocycles. The molecule has 1 aromatic carbocycles. The summed E-state index contributed by atoms with van der Waals surface area (Å²) in [5.41, 5.74) is 1.78. The van der Waals surface area contributed by atoms with E-state index < -0.39 is 0 Å². The molecule has 3 nitrogen and oxygen atoms in total. The van der Waals surface area contributed by atoms with Crippen molar-refractivity contribution < 1.29 is 14.6 Å². The van der Waals surface area contributed by atoms with E-state index >= 15 is 0 Å². The van der Waals surface area contributed by atoms with Crippen LogP contribution in [0.15, 0.2) is 23.8 Å². The van der Waals surface area contributed by atoms with E-state index in [9.17, 15) is 0 Å². The van der Waals surface area contributed by atoms with Gasteiger partial charge < -0.3 is 14.6 Å². The third-order valence-electron chi connectivity index (χ3n) is 2.09. The van der Waals surface area contributed by atoms with Crippen LogP contribution >= 0.6 is 0 Å². The molecule has 1 N–H and O–H groups in total. The summed E-state index contributed by atoms with van der Waals surface area (Å²) in [4.78, 5) is 0. The standard InChI is InChI=1S/C12H16O3/c1-9(8-13)6-10-7-11(14-2)4-5-12(10)15-3/h4-7,13H,8H2,1-3H3. The Balaban J connectivity index is 3.12. The maximum absolute atomic E-state index is 8.95. The number of rotatable bonds is 4. The van der Waals surface area contributed by atoms with Crippen LogP contribution in [0.25, 0.3) is 6.08 Å². The summed E-state index contributed by atoms with van der Waals surface area (Å²) in [6, 6.07) is 5.55. The lowest BCUT2D eigenvalue weighted by Crippen LogP contribution is -1.91. The van der Waals surface area contributed by atoms with Crippen molar-refractivity contribution in [2.45, 2.75) is 6.92 Å². The Morgan fingerprint density at radius 2 is 2.07 bits per heavy atom. The average Bonchev–Trinajstić information content (AvgIpc) is 2.28. The predicted molar refractivity (Wildman–Crippen MR) is 60.3 cm³/mol. The van der Waals surface area contributed by atoms with Crippen LogP contribution in [-0.2, 0) is 0 Å². The highest BCUT2D eigenvalue weighted by atomic mass is 16.5. The zero-order chi connectivity index (χ0) is 11.3. The molecule has 0 aliphatic rings. The summed E-state index contributed by atoms with van der Waals surface area (Å²) in [6.07, 6.45) is 1.88. The summed E-state index contributed by atoms with van der Waals surface area (Å²) in [7, 11) is 3.24. The molecule has 0 unspecified atom stereocenters. The number of aliphatic hydroxyl groups excluding tert-OH is 1. The molecule has 0 fully saturated rings. The molecular formula is C12H16O3. The molecule has 0 aliphatic heterocycles. The second kappa shape index (κ2) is 5.41. The second-order valence-corrected chi connectivity index (χ2v) is 3.26. The average molecular weight is 208 g/mol. The van der Waals surface area contributed by atoms with Gasteiger partial charge in [0.2, 0.25) is 0 Å². The minimum Gasteiger partial charge on any atom is -0.497 e. The van der Waals surface area contributed by atoms with Crippen LogP contribution in [0.5, 0.6) is 11.5 Å². The van der Waals surface area contributed by atoms with Gasteiger partial charge in [-0.25, -0.2) is 0 Å². The fourth-order valence-corrected chi connectivity index (χ4v) is 1.26. The van der Waals surface area contributed by atoms with Crippen molar-refractivity contribution in [3.05, 3.63) is 29.3 Å². The van der Waals surface area contributed by atoms with Crippen LogP contribution in [0.1, 0.15) is 12.5 Å². The fraction of sp³-hybridized carbons (Fsp3) is 0.333.